The molecule has 8 nitrogen and oxygen atoms in total. The fourth-order valence-electron chi connectivity index (χ4n) is 2.55. The van der Waals surface area contributed by atoms with Crippen molar-refractivity contribution >= 4 is 11.8 Å². The quantitative estimate of drug-likeness (QED) is 0.877. The minimum atomic E-state index is -0.228. The van der Waals surface area contributed by atoms with Crippen molar-refractivity contribution in [2.75, 3.05) is 39.4 Å². The summed E-state index contributed by atoms with van der Waals surface area (Å²) in [5, 5.41) is 7.27. The molecule has 3 heterocycles. The van der Waals surface area contributed by atoms with Crippen molar-refractivity contribution in [3.63, 3.8) is 0 Å². The molecular formula is C15H23N5O3. The Bertz CT molecular complexity index is 685. The molecule has 0 radical (unpaired) electrons. The van der Waals surface area contributed by atoms with Gasteiger partial charge in [-0.05, 0) is 6.92 Å². The Morgan fingerprint density at radius 3 is 2.74 bits per heavy atom. The Kier molecular flexibility index (Phi) is 4.63. The summed E-state index contributed by atoms with van der Waals surface area (Å²) in [6, 6.07) is 0. The molecule has 1 fully saturated rings. The Balaban J connectivity index is 1.61. The second-order valence-electron chi connectivity index (χ2n) is 6.05. The van der Waals surface area contributed by atoms with E-state index in [9.17, 15) is 4.79 Å². The third-order valence-corrected chi connectivity index (χ3v) is 3.97. The number of oxazole rings is 1. The Morgan fingerprint density at radius 1 is 1.35 bits per heavy atom. The molecule has 0 aliphatic carbocycles. The van der Waals surface area contributed by atoms with Crippen LogP contribution >= 0.6 is 0 Å². The fraction of sp³-hybridized carbons (Fsp3) is 0.667. The first-order valence-electron chi connectivity index (χ1n) is 8.00. The second kappa shape index (κ2) is 6.67. The average molecular weight is 321 g/mol. The highest BCUT2D eigenvalue weighted by Crippen LogP contribution is 2.17. The number of carbonyl (C=O) groups is 1. The molecule has 2 aromatic rings. The van der Waals surface area contributed by atoms with Crippen LogP contribution in [0.3, 0.4) is 0 Å². The lowest BCUT2D eigenvalue weighted by atomic mass is 10.2. The number of carbonyl (C=O) groups excluding carboxylic acids is 1. The second-order valence-corrected chi connectivity index (χ2v) is 6.05. The zero-order valence-electron chi connectivity index (χ0n) is 13.8. The van der Waals surface area contributed by atoms with Gasteiger partial charge in [0.2, 0.25) is 5.76 Å². The number of ether oxygens (including phenoxy) is 1. The van der Waals surface area contributed by atoms with E-state index >= 15 is 0 Å². The van der Waals surface area contributed by atoms with Crippen molar-refractivity contribution in [1.82, 2.24) is 24.8 Å². The fourth-order valence-corrected chi connectivity index (χ4v) is 2.55. The van der Waals surface area contributed by atoms with Crippen LogP contribution in [-0.2, 0) is 4.74 Å². The Labute approximate surface area is 134 Å². The average Bonchev–Trinajstić information content (AvgIpc) is 3.08. The van der Waals surface area contributed by atoms with Gasteiger partial charge >= 0.3 is 5.84 Å². The molecule has 0 bridgehead atoms. The van der Waals surface area contributed by atoms with Crippen LogP contribution in [0.25, 0.3) is 5.84 Å². The van der Waals surface area contributed by atoms with Crippen LogP contribution in [0.5, 0.6) is 0 Å². The molecule has 1 amide bonds. The maximum atomic E-state index is 12.3. The van der Waals surface area contributed by atoms with Gasteiger partial charge in [-0.15, -0.1) is 5.10 Å². The number of morpholine rings is 1. The Morgan fingerprint density at radius 2 is 2.09 bits per heavy atom. The zero-order valence-corrected chi connectivity index (χ0v) is 13.8. The van der Waals surface area contributed by atoms with E-state index in [2.05, 4.69) is 20.3 Å². The van der Waals surface area contributed by atoms with E-state index in [0.717, 1.165) is 32.8 Å². The first kappa shape index (κ1) is 15.9. The van der Waals surface area contributed by atoms with Gasteiger partial charge < -0.3 is 14.5 Å². The smallest absolute Gasteiger partial charge is 0.325 e. The SMILES string of the molecule is Cc1c(C(=O)NCCN2CCOCC2)oc2nc(C(C)C)nn12. The van der Waals surface area contributed by atoms with Crippen LogP contribution in [0.15, 0.2) is 4.42 Å². The number of aryl methyl sites for hydroxylation is 1. The predicted octanol–water partition coefficient (Wildman–Crippen LogP) is 0.816. The van der Waals surface area contributed by atoms with Crippen LogP contribution in [0.2, 0.25) is 0 Å². The van der Waals surface area contributed by atoms with E-state index in [4.69, 9.17) is 9.15 Å². The number of amides is 1. The monoisotopic (exact) mass is 321 g/mol. The molecule has 0 spiro atoms. The molecule has 3 rings (SSSR count). The summed E-state index contributed by atoms with van der Waals surface area (Å²) in [4.78, 5) is 18.9. The van der Waals surface area contributed by atoms with E-state index in [1.54, 1.807) is 4.52 Å². The largest absolute Gasteiger partial charge is 0.416 e. The Hall–Kier alpha value is -1.93. The van der Waals surface area contributed by atoms with E-state index < -0.39 is 0 Å². The van der Waals surface area contributed by atoms with Gasteiger partial charge in [-0.3, -0.25) is 9.69 Å². The molecule has 0 saturated carbocycles. The molecule has 0 atom stereocenters. The molecule has 1 saturated heterocycles. The lowest BCUT2D eigenvalue weighted by molar-refractivity contribution is 0.0382. The van der Waals surface area contributed by atoms with Gasteiger partial charge in [0.05, 0.1) is 18.9 Å². The highest BCUT2D eigenvalue weighted by Gasteiger charge is 2.21. The predicted molar refractivity (Wildman–Crippen MR) is 83.7 cm³/mol. The maximum absolute atomic E-state index is 12.3. The van der Waals surface area contributed by atoms with Crippen molar-refractivity contribution in [1.29, 1.82) is 0 Å². The molecule has 126 valence electrons. The summed E-state index contributed by atoms with van der Waals surface area (Å²) in [5.41, 5.74) is 0.670. The normalized spacial score (nSPS) is 16.3. The molecule has 1 aliphatic rings. The van der Waals surface area contributed by atoms with Gasteiger partial charge in [0.25, 0.3) is 5.91 Å². The van der Waals surface area contributed by atoms with Crippen LogP contribution < -0.4 is 5.32 Å². The summed E-state index contributed by atoms with van der Waals surface area (Å²) in [6.07, 6.45) is 0. The van der Waals surface area contributed by atoms with Gasteiger partial charge in [-0.2, -0.15) is 9.50 Å². The third kappa shape index (κ3) is 3.37. The van der Waals surface area contributed by atoms with Crippen molar-refractivity contribution < 1.29 is 13.9 Å². The zero-order chi connectivity index (χ0) is 16.4. The molecule has 8 heteroatoms. The highest BCUT2D eigenvalue weighted by molar-refractivity contribution is 5.92. The minimum absolute atomic E-state index is 0.218. The summed E-state index contributed by atoms with van der Waals surface area (Å²) in [5.74, 6) is 1.34. The number of rotatable bonds is 5. The minimum Gasteiger partial charge on any atom is -0.416 e. The van der Waals surface area contributed by atoms with E-state index in [1.807, 2.05) is 20.8 Å². The maximum Gasteiger partial charge on any atom is 0.325 e. The topological polar surface area (TPSA) is 84.9 Å². The number of hydrogen-bond donors (Lipinski definition) is 1. The van der Waals surface area contributed by atoms with Gasteiger partial charge in [-0.25, -0.2) is 0 Å². The van der Waals surface area contributed by atoms with Gasteiger partial charge in [-0.1, -0.05) is 13.8 Å². The van der Waals surface area contributed by atoms with Crippen molar-refractivity contribution in [3.05, 3.63) is 17.3 Å². The van der Waals surface area contributed by atoms with Gasteiger partial charge in [0.1, 0.15) is 0 Å². The molecule has 2 aromatic heterocycles. The van der Waals surface area contributed by atoms with Crippen molar-refractivity contribution in [2.24, 2.45) is 0 Å². The van der Waals surface area contributed by atoms with E-state index in [-0.39, 0.29) is 17.6 Å². The molecular weight excluding hydrogens is 298 g/mol. The van der Waals surface area contributed by atoms with Crippen molar-refractivity contribution in [3.8, 4) is 0 Å². The number of fused-ring (bicyclic) bond motifs is 1. The van der Waals surface area contributed by atoms with Crippen LogP contribution in [0.1, 0.15) is 41.8 Å². The number of nitrogens with zero attached hydrogens (tertiary/aromatic N) is 4. The number of hydrogen-bond acceptors (Lipinski definition) is 6. The van der Waals surface area contributed by atoms with Crippen molar-refractivity contribution in [2.45, 2.75) is 26.7 Å². The first-order valence-corrected chi connectivity index (χ1v) is 8.00. The lowest BCUT2D eigenvalue weighted by Gasteiger charge is -2.26. The highest BCUT2D eigenvalue weighted by atomic mass is 16.5. The van der Waals surface area contributed by atoms with Crippen LogP contribution in [-0.4, -0.2) is 64.8 Å². The first-order chi connectivity index (χ1) is 11.1. The lowest BCUT2D eigenvalue weighted by Crippen LogP contribution is -2.41. The van der Waals surface area contributed by atoms with Gasteiger partial charge in [0, 0.05) is 32.1 Å². The van der Waals surface area contributed by atoms with Crippen LogP contribution in [0, 0.1) is 6.92 Å². The molecule has 23 heavy (non-hydrogen) atoms. The summed E-state index contributed by atoms with van der Waals surface area (Å²) in [7, 11) is 0. The third-order valence-electron chi connectivity index (χ3n) is 3.97. The molecule has 0 unspecified atom stereocenters. The summed E-state index contributed by atoms with van der Waals surface area (Å²) < 4.78 is 12.5. The molecule has 1 aliphatic heterocycles. The van der Waals surface area contributed by atoms with E-state index in [0.29, 0.717) is 23.9 Å². The summed E-state index contributed by atoms with van der Waals surface area (Å²) >= 11 is 0. The standard InChI is InChI=1S/C15H23N5O3/c1-10(2)13-17-15-20(18-13)11(3)12(23-15)14(21)16-4-5-19-6-8-22-9-7-19/h10H,4-9H2,1-3H3,(H,16,21). The number of aromatic nitrogens is 3. The molecule has 0 aromatic carbocycles. The number of nitrogens with one attached hydrogen (secondary N) is 1. The van der Waals surface area contributed by atoms with E-state index in [1.165, 1.54) is 0 Å². The van der Waals surface area contributed by atoms with Gasteiger partial charge in [0.15, 0.2) is 5.82 Å². The summed E-state index contributed by atoms with van der Waals surface area (Å²) in [6.45, 7) is 10.6. The molecule has 1 N–H and O–H groups in total. The van der Waals surface area contributed by atoms with Crippen LogP contribution in [0.4, 0.5) is 0 Å².